The molecule has 5 nitrogen and oxygen atoms in total. The van der Waals surface area contributed by atoms with E-state index in [4.69, 9.17) is 14.8 Å². The Balaban J connectivity index is 1.75. The molecule has 0 aliphatic rings. The Morgan fingerprint density at radius 3 is 2.70 bits per heavy atom. The quantitative estimate of drug-likeness (QED) is 0.344. The highest BCUT2D eigenvalue weighted by atomic mass is 79.9. The Kier molecular flexibility index (Phi) is 6.47. The van der Waals surface area contributed by atoms with Gasteiger partial charge >= 0.3 is 0 Å². The van der Waals surface area contributed by atoms with Gasteiger partial charge in [0.2, 0.25) is 4.80 Å². The summed E-state index contributed by atoms with van der Waals surface area (Å²) in [4.78, 5) is 6.71. The van der Waals surface area contributed by atoms with Crippen molar-refractivity contribution in [1.29, 1.82) is 0 Å². The van der Waals surface area contributed by atoms with Crippen LogP contribution in [0.5, 0.6) is 11.5 Å². The fourth-order valence-corrected chi connectivity index (χ4v) is 4.89. The third kappa shape index (κ3) is 4.56. The van der Waals surface area contributed by atoms with Crippen molar-refractivity contribution in [2.75, 3.05) is 7.11 Å². The van der Waals surface area contributed by atoms with Crippen LogP contribution in [-0.4, -0.2) is 23.1 Å². The molecule has 0 aliphatic heterocycles. The molecule has 8 heteroatoms. The number of phenolic OH excluding ortho intramolecular Hbond substituents is 1. The summed E-state index contributed by atoms with van der Waals surface area (Å²) in [5.41, 5.74) is 2.93. The third-order valence-electron chi connectivity index (χ3n) is 4.29. The van der Waals surface area contributed by atoms with Crippen molar-refractivity contribution in [3.63, 3.8) is 0 Å². The molecule has 0 fully saturated rings. The SMILES string of the molecule is COc1cc(C=Nn2c(-c3cccs3)csc2=NCc2ccccc2)cc(Br)c1O. The van der Waals surface area contributed by atoms with Crippen molar-refractivity contribution >= 4 is 44.8 Å². The summed E-state index contributed by atoms with van der Waals surface area (Å²) >= 11 is 6.57. The molecule has 1 N–H and O–H groups in total. The van der Waals surface area contributed by atoms with Crippen LogP contribution in [0.2, 0.25) is 0 Å². The van der Waals surface area contributed by atoms with E-state index >= 15 is 0 Å². The Bertz CT molecular complexity index is 1230. The highest BCUT2D eigenvalue weighted by Gasteiger charge is 2.10. The first-order chi connectivity index (χ1) is 14.7. The number of thiophene rings is 1. The minimum atomic E-state index is 0.0654. The molecule has 0 radical (unpaired) electrons. The van der Waals surface area contributed by atoms with Crippen molar-refractivity contribution in [1.82, 2.24) is 4.68 Å². The lowest BCUT2D eigenvalue weighted by atomic mass is 10.2. The Morgan fingerprint density at radius 1 is 1.13 bits per heavy atom. The molecule has 0 atom stereocenters. The van der Waals surface area contributed by atoms with Gasteiger partial charge in [0.05, 0.1) is 34.9 Å². The van der Waals surface area contributed by atoms with Gasteiger partial charge in [0.15, 0.2) is 11.5 Å². The largest absolute Gasteiger partial charge is 0.503 e. The van der Waals surface area contributed by atoms with Crippen LogP contribution in [0.4, 0.5) is 0 Å². The second kappa shape index (κ2) is 9.42. The number of phenols is 1. The molecule has 0 saturated carbocycles. The number of ether oxygens (including phenoxy) is 1. The van der Waals surface area contributed by atoms with Gasteiger partial charge < -0.3 is 9.84 Å². The maximum Gasteiger partial charge on any atom is 0.206 e. The summed E-state index contributed by atoms with van der Waals surface area (Å²) in [7, 11) is 1.52. The Hall–Kier alpha value is -2.68. The number of aromatic hydroxyl groups is 1. The lowest BCUT2D eigenvalue weighted by Gasteiger charge is -2.06. The molecule has 2 heterocycles. The first kappa shape index (κ1) is 20.6. The van der Waals surface area contributed by atoms with Crippen molar-refractivity contribution < 1.29 is 9.84 Å². The first-order valence-electron chi connectivity index (χ1n) is 9.05. The summed E-state index contributed by atoms with van der Waals surface area (Å²) in [6.07, 6.45) is 1.73. The van der Waals surface area contributed by atoms with E-state index in [9.17, 15) is 5.11 Å². The lowest BCUT2D eigenvalue weighted by molar-refractivity contribution is 0.372. The molecule has 0 saturated heterocycles. The van der Waals surface area contributed by atoms with E-state index in [1.165, 1.54) is 7.11 Å². The second-order valence-electron chi connectivity index (χ2n) is 6.29. The number of aromatic nitrogens is 1. The predicted molar refractivity (Wildman–Crippen MR) is 127 cm³/mol. The van der Waals surface area contributed by atoms with Crippen LogP contribution in [0.3, 0.4) is 0 Å². The van der Waals surface area contributed by atoms with Gasteiger partial charge in [-0.3, -0.25) is 4.99 Å². The molecular weight excluding hydrogens is 482 g/mol. The van der Waals surface area contributed by atoms with Crippen LogP contribution in [0.1, 0.15) is 11.1 Å². The number of hydrogen-bond acceptors (Lipinski definition) is 6. The van der Waals surface area contributed by atoms with E-state index in [1.807, 2.05) is 34.3 Å². The Labute approximate surface area is 190 Å². The molecule has 0 spiro atoms. The number of nitrogens with zero attached hydrogens (tertiary/aromatic N) is 3. The highest BCUT2D eigenvalue weighted by molar-refractivity contribution is 9.10. The van der Waals surface area contributed by atoms with Gasteiger partial charge in [-0.25, -0.2) is 4.68 Å². The van der Waals surface area contributed by atoms with Crippen LogP contribution in [-0.2, 0) is 6.54 Å². The molecule has 152 valence electrons. The van der Waals surface area contributed by atoms with Crippen molar-refractivity contribution in [2.24, 2.45) is 10.1 Å². The molecule has 2 aromatic heterocycles. The summed E-state index contributed by atoms with van der Waals surface area (Å²) in [5, 5.41) is 18.9. The maximum absolute atomic E-state index is 10.0. The third-order valence-corrected chi connectivity index (χ3v) is 6.64. The lowest BCUT2D eigenvalue weighted by Crippen LogP contribution is -2.12. The molecular formula is C22H18BrN3O2S2. The summed E-state index contributed by atoms with van der Waals surface area (Å²) in [6, 6.07) is 17.8. The zero-order valence-corrected chi connectivity index (χ0v) is 19.2. The van der Waals surface area contributed by atoms with Crippen LogP contribution in [0, 0.1) is 0 Å². The molecule has 30 heavy (non-hydrogen) atoms. The van der Waals surface area contributed by atoms with Crippen molar-refractivity contribution in [3.05, 3.63) is 85.8 Å². The number of methoxy groups -OCH3 is 1. The standard InChI is InChI=1S/C22H18BrN3O2S2/c1-28-19-11-16(10-17(23)21(19)27)13-25-26-18(20-8-5-9-29-20)14-30-22(26)24-12-15-6-3-2-4-7-15/h2-11,13-14,27H,12H2,1H3. The molecule has 0 unspecified atom stereocenters. The van der Waals surface area contributed by atoms with Gasteiger partial charge in [-0.2, -0.15) is 5.10 Å². The van der Waals surface area contributed by atoms with Gasteiger partial charge in [0.1, 0.15) is 0 Å². The average molecular weight is 500 g/mol. The van der Waals surface area contributed by atoms with Gasteiger partial charge in [0.25, 0.3) is 0 Å². The minimum absolute atomic E-state index is 0.0654. The number of hydrogen-bond donors (Lipinski definition) is 1. The smallest absolute Gasteiger partial charge is 0.206 e. The normalized spacial score (nSPS) is 12.0. The van der Waals surface area contributed by atoms with Crippen LogP contribution < -0.4 is 9.54 Å². The maximum atomic E-state index is 10.0. The van der Waals surface area contributed by atoms with Crippen LogP contribution in [0.25, 0.3) is 10.6 Å². The molecule has 0 aliphatic carbocycles. The van der Waals surface area contributed by atoms with Gasteiger partial charge in [0, 0.05) is 5.38 Å². The monoisotopic (exact) mass is 499 g/mol. The van der Waals surface area contributed by atoms with E-state index in [-0.39, 0.29) is 5.75 Å². The zero-order valence-electron chi connectivity index (χ0n) is 16.0. The number of thiazole rings is 1. The summed E-state index contributed by atoms with van der Waals surface area (Å²) in [5.74, 6) is 0.448. The first-order valence-corrected chi connectivity index (χ1v) is 11.6. The molecule has 0 bridgehead atoms. The fourth-order valence-electron chi connectivity index (χ4n) is 2.80. The van der Waals surface area contributed by atoms with E-state index in [0.717, 1.165) is 26.5 Å². The van der Waals surface area contributed by atoms with Crippen LogP contribution >= 0.6 is 38.6 Å². The summed E-state index contributed by atoms with van der Waals surface area (Å²) < 4.78 is 7.64. The zero-order chi connectivity index (χ0) is 20.9. The molecule has 4 rings (SSSR count). The number of halogens is 1. The van der Waals surface area contributed by atoms with E-state index in [2.05, 4.69) is 39.5 Å². The fraction of sp³-hybridized carbons (Fsp3) is 0.0909. The van der Waals surface area contributed by atoms with Gasteiger partial charge in [-0.05, 0) is 50.6 Å². The van der Waals surface area contributed by atoms with Crippen LogP contribution in [0.15, 0.2) is 79.9 Å². The van der Waals surface area contributed by atoms with Gasteiger partial charge in [-0.1, -0.05) is 36.4 Å². The van der Waals surface area contributed by atoms with Gasteiger partial charge in [-0.15, -0.1) is 22.7 Å². The van der Waals surface area contributed by atoms with E-state index in [1.54, 1.807) is 41.0 Å². The minimum Gasteiger partial charge on any atom is -0.503 e. The topological polar surface area (TPSA) is 59.1 Å². The average Bonchev–Trinajstić information content (AvgIpc) is 3.43. The number of benzene rings is 2. The second-order valence-corrected chi connectivity index (χ2v) is 8.93. The molecule has 2 aromatic carbocycles. The van der Waals surface area contributed by atoms with Crippen molar-refractivity contribution in [2.45, 2.75) is 6.54 Å². The van der Waals surface area contributed by atoms with Crippen molar-refractivity contribution in [3.8, 4) is 22.1 Å². The highest BCUT2D eigenvalue weighted by Crippen LogP contribution is 2.34. The summed E-state index contributed by atoms with van der Waals surface area (Å²) in [6.45, 7) is 0.583. The molecule has 4 aromatic rings. The predicted octanol–water partition coefficient (Wildman–Crippen LogP) is 5.74. The van der Waals surface area contributed by atoms with E-state index < -0.39 is 0 Å². The Morgan fingerprint density at radius 2 is 1.97 bits per heavy atom. The molecule has 0 amide bonds. The van der Waals surface area contributed by atoms with E-state index in [0.29, 0.717) is 16.8 Å². The number of rotatable bonds is 6.